The van der Waals surface area contributed by atoms with Gasteiger partial charge >= 0.3 is 0 Å². The number of amides is 1. The van der Waals surface area contributed by atoms with Crippen molar-refractivity contribution in [3.05, 3.63) is 52.5 Å². The molecule has 1 amide bonds. The van der Waals surface area contributed by atoms with Gasteiger partial charge in [-0.25, -0.2) is 0 Å². The van der Waals surface area contributed by atoms with Gasteiger partial charge in [-0.3, -0.25) is 9.59 Å². The van der Waals surface area contributed by atoms with E-state index in [0.29, 0.717) is 33.3 Å². The third-order valence-electron chi connectivity index (χ3n) is 3.26. The lowest BCUT2D eigenvalue weighted by Crippen LogP contribution is -2.13. The van der Waals surface area contributed by atoms with Crippen molar-refractivity contribution in [2.24, 2.45) is 0 Å². The normalized spacial score (nSPS) is 10.2. The second-order valence-corrected chi connectivity index (χ2v) is 5.77. The Balaban J connectivity index is 2.28. The van der Waals surface area contributed by atoms with Crippen molar-refractivity contribution in [1.29, 1.82) is 0 Å². The molecule has 0 aliphatic carbocycles. The van der Waals surface area contributed by atoms with Crippen LogP contribution in [0.5, 0.6) is 11.5 Å². The summed E-state index contributed by atoms with van der Waals surface area (Å²) in [5.74, 6) is 0.488. The Morgan fingerprint density at radius 3 is 2.25 bits per heavy atom. The lowest BCUT2D eigenvalue weighted by atomic mass is 10.1. The second-order valence-electron chi connectivity index (χ2n) is 4.81. The van der Waals surface area contributed by atoms with E-state index in [9.17, 15) is 9.59 Å². The molecule has 0 aliphatic heterocycles. The summed E-state index contributed by atoms with van der Waals surface area (Å²) in [5.41, 5.74) is 1.18. The number of hydrogen-bond acceptors (Lipinski definition) is 4. The number of rotatable bonds is 6. The number of nitrogens with one attached hydrogen (secondary N) is 1. The van der Waals surface area contributed by atoms with Gasteiger partial charge in [-0.1, -0.05) is 27.5 Å². The van der Waals surface area contributed by atoms with Gasteiger partial charge in [0.25, 0.3) is 5.91 Å². The second kappa shape index (κ2) is 8.17. The molecule has 0 unspecified atom stereocenters. The number of alkyl halides is 1. The van der Waals surface area contributed by atoms with Gasteiger partial charge in [0.2, 0.25) is 0 Å². The van der Waals surface area contributed by atoms with E-state index in [1.807, 2.05) is 0 Å². The largest absolute Gasteiger partial charge is 0.497 e. The van der Waals surface area contributed by atoms with Crippen LogP contribution >= 0.6 is 27.5 Å². The summed E-state index contributed by atoms with van der Waals surface area (Å²) in [6, 6.07) is 9.60. The molecule has 0 heterocycles. The molecule has 0 saturated heterocycles. The van der Waals surface area contributed by atoms with Crippen molar-refractivity contribution in [3.63, 3.8) is 0 Å². The van der Waals surface area contributed by atoms with E-state index < -0.39 is 0 Å². The van der Waals surface area contributed by atoms with E-state index in [1.165, 1.54) is 14.2 Å². The molecule has 2 rings (SSSR count). The maximum Gasteiger partial charge on any atom is 0.255 e. The minimum Gasteiger partial charge on any atom is -0.497 e. The van der Waals surface area contributed by atoms with Crippen molar-refractivity contribution >= 4 is 44.9 Å². The molecule has 0 aliphatic rings. The molecule has 5 nitrogen and oxygen atoms in total. The monoisotopic (exact) mass is 411 g/mol. The smallest absolute Gasteiger partial charge is 0.255 e. The topological polar surface area (TPSA) is 64.6 Å². The van der Waals surface area contributed by atoms with Gasteiger partial charge < -0.3 is 14.8 Å². The molecule has 0 saturated carbocycles. The summed E-state index contributed by atoms with van der Waals surface area (Å²) in [7, 11) is 3.02. The molecule has 7 heteroatoms. The number of carbonyl (C=O) groups excluding carboxylic acids is 2. The predicted octanol–water partition coefficient (Wildman–Crippen LogP) is 4.19. The van der Waals surface area contributed by atoms with Crippen LogP contribution in [0.3, 0.4) is 0 Å². The number of ether oxygens (including phenoxy) is 2. The number of benzene rings is 2. The molecular weight excluding hydrogens is 398 g/mol. The number of anilines is 1. The van der Waals surface area contributed by atoms with E-state index in [0.717, 1.165) is 0 Å². The van der Waals surface area contributed by atoms with Crippen LogP contribution in [0.25, 0.3) is 0 Å². The molecule has 0 aromatic heterocycles. The maximum atomic E-state index is 12.4. The van der Waals surface area contributed by atoms with Crippen LogP contribution in [0.1, 0.15) is 20.7 Å². The molecule has 0 spiro atoms. The van der Waals surface area contributed by atoms with Crippen molar-refractivity contribution in [1.82, 2.24) is 0 Å². The van der Waals surface area contributed by atoms with Crippen molar-refractivity contribution in [3.8, 4) is 11.5 Å². The molecule has 0 atom stereocenters. The predicted molar refractivity (Wildman–Crippen MR) is 97.1 cm³/mol. The summed E-state index contributed by atoms with van der Waals surface area (Å²) >= 11 is 9.12. The van der Waals surface area contributed by atoms with Gasteiger partial charge in [-0.15, -0.1) is 0 Å². The Labute approximate surface area is 153 Å². The van der Waals surface area contributed by atoms with Gasteiger partial charge in [-0.2, -0.15) is 0 Å². The SMILES string of the molecule is COc1cc(OC)cc(C(=O)Nc2ccc(Cl)c(C(=O)CBr)c2)c1. The molecule has 1 N–H and O–H groups in total. The van der Waals surface area contributed by atoms with E-state index in [4.69, 9.17) is 21.1 Å². The maximum absolute atomic E-state index is 12.4. The first-order valence-electron chi connectivity index (χ1n) is 6.91. The minimum atomic E-state index is -0.355. The summed E-state index contributed by atoms with van der Waals surface area (Å²) in [6.07, 6.45) is 0. The van der Waals surface area contributed by atoms with Crippen LogP contribution in [0.2, 0.25) is 5.02 Å². The molecule has 0 bridgehead atoms. The van der Waals surface area contributed by atoms with Gasteiger partial charge in [0.1, 0.15) is 11.5 Å². The van der Waals surface area contributed by atoms with Crippen LogP contribution in [-0.2, 0) is 0 Å². The highest BCUT2D eigenvalue weighted by atomic mass is 79.9. The summed E-state index contributed by atoms with van der Waals surface area (Å²) in [4.78, 5) is 24.3. The average Bonchev–Trinajstić information content (AvgIpc) is 2.61. The quantitative estimate of drug-likeness (QED) is 0.571. The highest BCUT2D eigenvalue weighted by molar-refractivity contribution is 9.09. The van der Waals surface area contributed by atoms with Gasteiger partial charge in [-0.05, 0) is 30.3 Å². The number of methoxy groups -OCH3 is 2. The van der Waals surface area contributed by atoms with Crippen molar-refractivity contribution in [2.75, 3.05) is 24.9 Å². The summed E-state index contributed by atoms with van der Waals surface area (Å²) < 4.78 is 10.3. The van der Waals surface area contributed by atoms with Crippen LogP contribution in [0, 0.1) is 0 Å². The lowest BCUT2D eigenvalue weighted by Gasteiger charge is -2.10. The Kier molecular flexibility index (Phi) is 6.23. The molecule has 2 aromatic rings. The highest BCUT2D eigenvalue weighted by Crippen LogP contribution is 2.25. The average molecular weight is 413 g/mol. The van der Waals surface area contributed by atoms with Crippen LogP contribution in [0.15, 0.2) is 36.4 Å². The van der Waals surface area contributed by atoms with Crippen LogP contribution < -0.4 is 14.8 Å². The zero-order valence-corrected chi connectivity index (χ0v) is 15.4. The molecule has 24 heavy (non-hydrogen) atoms. The third kappa shape index (κ3) is 4.27. The van der Waals surface area contributed by atoms with Crippen LogP contribution in [0.4, 0.5) is 5.69 Å². The molecule has 126 valence electrons. The third-order valence-corrected chi connectivity index (χ3v) is 4.10. The number of halogens is 2. The molecule has 0 fully saturated rings. The van der Waals surface area contributed by atoms with Gasteiger partial charge in [0.05, 0.1) is 24.6 Å². The van der Waals surface area contributed by atoms with E-state index in [2.05, 4.69) is 21.2 Å². The molecule has 0 radical (unpaired) electrons. The first kappa shape index (κ1) is 18.3. The Morgan fingerprint density at radius 1 is 1.08 bits per heavy atom. The standard InChI is InChI=1S/C17H15BrClNO4/c1-23-12-5-10(6-13(8-12)24-2)17(22)20-11-3-4-15(19)14(7-11)16(21)9-18/h3-8H,9H2,1-2H3,(H,20,22). The van der Waals surface area contributed by atoms with E-state index in [-0.39, 0.29) is 17.0 Å². The minimum absolute atomic E-state index is 0.150. The van der Waals surface area contributed by atoms with Gasteiger partial charge in [0.15, 0.2) is 5.78 Å². The van der Waals surface area contributed by atoms with E-state index in [1.54, 1.807) is 36.4 Å². The number of carbonyl (C=O) groups is 2. The zero-order valence-electron chi connectivity index (χ0n) is 13.1. The number of hydrogen-bond donors (Lipinski definition) is 1. The Morgan fingerprint density at radius 2 is 1.71 bits per heavy atom. The molecule has 2 aromatic carbocycles. The fourth-order valence-corrected chi connectivity index (χ4v) is 2.56. The summed E-state index contributed by atoms with van der Waals surface area (Å²) in [6.45, 7) is 0. The van der Waals surface area contributed by atoms with Crippen molar-refractivity contribution < 1.29 is 19.1 Å². The van der Waals surface area contributed by atoms with Crippen LogP contribution in [-0.4, -0.2) is 31.2 Å². The summed E-state index contributed by atoms with van der Waals surface area (Å²) in [5, 5.41) is 3.21. The first-order chi connectivity index (χ1) is 11.5. The lowest BCUT2D eigenvalue weighted by molar-refractivity contribution is 0.101. The Bertz CT molecular complexity index is 757. The first-order valence-corrected chi connectivity index (χ1v) is 8.41. The molecular formula is C17H15BrClNO4. The highest BCUT2D eigenvalue weighted by Gasteiger charge is 2.13. The number of ketones is 1. The fraction of sp³-hybridized carbons (Fsp3) is 0.176. The number of Topliss-reactive ketones (excluding diaryl/α,β-unsaturated/α-hetero) is 1. The van der Waals surface area contributed by atoms with E-state index >= 15 is 0 Å². The van der Waals surface area contributed by atoms with Crippen molar-refractivity contribution in [2.45, 2.75) is 0 Å². The Hall–Kier alpha value is -2.05. The zero-order chi connectivity index (χ0) is 17.7. The fourth-order valence-electron chi connectivity index (χ4n) is 2.03. The van der Waals surface area contributed by atoms with Gasteiger partial charge in [0, 0.05) is 22.9 Å².